The molecule has 18 heavy (non-hydrogen) atoms. The lowest BCUT2D eigenvalue weighted by Gasteiger charge is -2.06. The van der Waals surface area contributed by atoms with E-state index in [1.807, 2.05) is 31.2 Å². The van der Waals surface area contributed by atoms with E-state index < -0.39 is 5.95 Å². The van der Waals surface area contributed by atoms with E-state index in [2.05, 4.69) is 4.98 Å². The van der Waals surface area contributed by atoms with Crippen molar-refractivity contribution in [3.8, 4) is 17.0 Å². The first kappa shape index (κ1) is 12.5. The quantitative estimate of drug-likeness (QED) is 0.844. The van der Waals surface area contributed by atoms with Gasteiger partial charge < -0.3 is 10.5 Å². The maximum absolute atomic E-state index is 13.5. The highest BCUT2D eigenvalue weighted by Gasteiger charge is 2.05. The lowest BCUT2D eigenvalue weighted by molar-refractivity contribution is 0.340. The van der Waals surface area contributed by atoms with E-state index in [1.54, 1.807) is 12.1 Å². The van der Waals surface area contributed by atoms with Crippen LogP contribution in [0.4, 0.5) is 4.39 Å². The van der Waals surface area contributed by atoms with E-state index in [1.165, 1.54) is 0 Å². The van der Waals surface area contributed by atoms with Crippen molar-refractivity contribution in [3.05, 3.63) is 47.9 Å². The average Bonchev–Trinajstić information content (AvgIpc) is 2.40. The summed E-state index contributed by atoms with van der Waals surface area (Å²) in [5.41, 5.74) is 7.26. The van der Waals surface area contributed by atoms with Gasteiger partial charge in [-0.15, -0.1) is 0 Å². The molecule has 0 saturated heterocycles. The molecular formula is C14H15FN2O. The molecule has 0 spiro atoms. The molecule has 94 valence electrons. The van der Waals surface area contributed by atoms with Crippen LogP contribution in [0.5, 0.6) is 5.75 Å². The molecule has 0 saturated carbocycles. The van der Waals surface area contributed by atoms with Crippen LogP contribution in [0, 0.1) is 5.95 Å². The summed E-state index contributed by atoms with van der Waals surface area (Å²) in [5.74, 6) is 0.282. The minimum Gasteiger partial charge on any atom is -0.494 e. The zero-order valence-electron chi connectivity index (χ0n) is 10.2. The number of rotatable bonds is 4. The highest BCUT2D eigenvalue weighted by Crippen LogP contribution is 2.21. The molecule has 2 aromatic rings. The number of hydrogen-bond donors (Lipinski definition) is 1. The number of halogens is 1. The monoisotopic (exact) mass is 246 g/mol. The van der Waals surface area contributed by atoms with Gasteiger partial charge in [-0.3, -0.25) is 0 Å². The van der Waals surface area contributed by atoms with E-state index in [4.69, 9.17) is 10.5 Å². The summed E-state index contributed by atoms with van der Waals surface area (Å²) < 4.78 is 18.9. The van der Waals surface area contributed by atoms with Gasteiger partial charge in [-0.25, -0.2) is 4.98 Å². The van der Waals surface area contributed by atoms with Crippen LogP contribution in [0.1, 0.15) is 12.5 Å². The van der Waals surface area contributed by atoms with E-state index >= 15 is 0 Å². The van der Waals surface area contributed by atoms with Crippen LogP contribution in [0.2, 0.25) is 0 Å². The normalized spacial score (nSPS) is 10.4. The summed E-state index contributed by atoms with van der Waals surface area (Å²) in [7, 11) is 0. The molecular weight excluding hydrogens is 231 g/mol. The third-order valence-corrected chi connectivity index (χ3v) is 2.61. The van der Waals surface area contributed by atoms with Crippen molar-refractivity contribution >= 4 is 0 Å². The van der Waals surface area contributed by atoms with Crippen LogP contribution in [0.3, 0.4) is 0 Å². The van der Waals surface area contributed by atoms with Gasteiger partial charge in [0.2, 0.25) is 5.95 Å². The smallest absolute Gasteiger partial charge is 0.217 e. The fraction of sp³-hybridized carbons (Fsp3) is 0.214. The summed E-state index contributed by atoms with van der Waals surface area (Å²) >= 11 is 0. The molecule has 1 aromatic heterocycles. The molecule has 0 unspecified atom stereocenters. The highest BCUT2D eigenvalue weighted by molar-refractivity contribution is 5.60. The van der Waals surface area contributed by atoms with Gasteiger partial charge in [0.1, 0.15) is 5.75 Å². The van der Waals surface area contributed by atoms with Crippen LogP contribution in [0.25, 0.3) is 11.3 Å². The Bertz CT molecular complexity index is 526. The lowest BCUT2D eigenvalue weighted by atomic mass is 10.1. The Balaban J connectivity index is 2.28. The number of benzene rings is 1. The SMILES string of the molecule is CCOc1ccc(-c2ccc(CN)c(F)n2)cc1. The number of hydrogen-bond acceptors (Lipinski definition) is 3. The van der Waals surface area contributed by atoms with Gasteiger partial charge in [-0.05, 0) is 37.3 Å². The van der Waals surface area contributed by atoms with Crippen LogP contribution >= 0.6 is 0 Å². The first-order valence-electron chi connectivity index (χ1n) is 5.83. The highest BCUT2D eigenvalue weighted by atomic mass is 19.1. The summed E-state index contributed by atoms with van der Waals surface area (Å²) in [4.78, 5) is 3.90. The van der Waals surface area contributed by atoms with Crippen molar-refractivity contribution in [2.45, 2.75) is 13.5 Å². The maximum Gasteiger partial charge on any atom is 0.217 e. The molecule has 2 rings (SSSR count). The van der Waals surface area contributed by atoms with Crippen LogP contribution in [0.15, 0.2) is 36.4 Å². The second-order valence-corrected chi connectivity index (χ2v) is 3.81. The topological polar surface area (TPSA) is 48.1 Å². The second-order valence-electron chi connectivity index (χ2n) is 3.81. The van der Waals surface area contributed by atoms with Gasteiger partial charge in [-0.2, -0.15) is 4.39 Å². The van der Waals surface area contributed by atoms with Gasteiger partial charge in [0.25, 0.3) is 0 Å². The number of nitrogens with two attached hydrogens (primary N) is 1. The molecule has 2 N–H and O–H groups in total. The summed E-state index contributed by atoms with van der Waals surface area (Å²) in [5, 5.41) is 0. The van der Waals surface area contributed by atoms with Gasteiger partial charge in [0.05, 0.1) is 12.3 Å². The molecule has 0 aliphatic carbocycles. The molecule has 1 aromatic carbocycles. The summed E-state index contributed by atoms with van der Waals surface area (Å²) in [6.45, 7) is 2.70. The van der Waals surface area contributed by atoms with Crippen molar-refractivity contribution in [1.29, 1.82) is 0 Å². The standard InChI is InChI=1S/C14H15FN2O/c1-2-18-12-6-3-10(4-7-12)13-8-5-11(9-16)14(15)17-13/h3-8H,2,9,16H2,1H3. The number of nitrogens with zero attached hydrogens (tertiary/aromatic N) is 1. The number of aromatic nitrogens is 1. The first-order valence-corrected chi connectivity index (χ1v) is 5.83. The largest absolute Gasteiger partial charge is 0.494 e. The Morgan fingerprint density at radius 3 is 2.44 bits per heavy atom. The Labute approximate surface area is 105 Å². The summed E-state index contributed by atoms with van der Waals surface area (Å²) in [6.07, 6.45) is 0. The molecule has 3 nitrogen and oxygen atoms in total. The van der Waals surface area contributed by atoms with Gasteiger partial charge in [0, 0.05) is 17.7 Å². The molecule has 0 aliphatic heterocycles. The second kappa shape index (κ2) is 5.60. The Hall–Kier alpha value is -1.94. The van der Waals surface area contributed by atoms with E-state index in [0.717, 1.165) is 11.3 Å². The molecule has 0 radical (unpaired) electrons. The van der Waals surface area contributed by atoms with E-state index in [-0.39, 0.29) is 6.54 Å². The van der Waals surface area contributed by atoms with Gasteiger partial charge >= 0.3 is 0 Å². The van der Waals surface area contributed by atoms with Gasteiger partial charge in [-0.1, -0.05) is 6.07 Å². The van der Waals surface area contributed by atoms with Crippen LogP contribution in [-0.2, 0) is 6.54 Å². The predicted molar refractivity (Wildman–Crippen MR) is 68.7 cm³/mol. The zero-order valence-corrected chi connectivity index (χ0v) is 10.2. The fourth-order valence-electron chi connectivity index (χ4n) is 1.66. The Morgan fingerprint density at radius 1 is 1.17 bits per heavy atom. The van der Waals surface area contributed by atoms with Crippen LogP contribution < -0.4 is 10.5 Å². The van der Waals surface area contributed by atoms with E-state index in [9.17, 15) is 4.39 Å². The van der Waals surface area contributed by atoms with Crippen molar-refractivity contribution in [2.24, 2.45) is 5.73 Å². The minimum atomic E-state index is -0.510. The predicted octanol–water partition coefficient (Wildman–Crippen LogP) is 2.75. The molecule has 0 aliphatic rings. The van der Waals surface area contributed by atoms with Crippen molar-refractivity contribution < 1.29 is 9.13 Å². The van der Waals surface area contributed by atoms with Crippen molar-refractivity contribution in [3.63, 3.8) is 0 Å². The molecule has 4 heteroatoms. The van der Waals surface area contributed by atoms with E-state index in [0.29, 0.717) is 17.9 Å². The zero-order chi connectivity index (χ0) is 13.0. The fourth-order valence-corrected chi connectivity index (χ4v) is 1.66. The average molecular weight is 246 g/mol. The molecule has 0 amide bonds. The van der Waals surface area contributed by atoms with Crippen molar-refractivity contribution in [1.82, 2.24) is 4.98 Å². The van der Waals surface area contributed by atoms with Crippen molar-refractivity contribution in [2.75, 3.05) is 6.61 Å². The minimum absolute atomic E-state index is 0.155. The molecule has 1 heterocycles. The molecule has 0 atom stereocenters. The first-order chi connectivity index (χ1) is 8.74. The maximum atomic E-state index is 13.5. The summed E-state index contributed by atoms with van der Waals surface area (Å²) in [6, 6.07) is 10.8. The number of ether oxygens (including phenoxy) is 1. The Kier molecular flexibility index (Phi) is 3.89. The van der Waals surface area contributed by atoms with Crippen LogP contribution in [-0.4, -0.2) is 11.6 Å². The third-order valence-electron chi connectivity index (χ3n) is 2.61. The molecule has 0 fully saturated rings. The number of pyridine rings is 1. The lowest BCUT2D eigenvalue weighted by Crippen LogP contribution is -2.02. The Morgan fingerprint density at radius 2 is 1.89 bits per heavy atom. The molecule has 0 bridgehead atoms. The van der Waals surface area contributed by atoms with Gasteiger partial charge in [0.15, 0.2) is 0 Å². The third kappa shape index (κ3) is 2.65.